The van der Waals surface area contributed by atoms with Crippen LogP contribution in [-0.2, 0) is 4.74 Å². The Morgan fingerprint density at radius 3 is 2.54 bits per heavy atom. The van der Waals surface area contributed by atoms with Gasteiger partial charge in [0, 0.05) is 12.0 Å². The monoisotopic (exact) mass is 182 g/mol. The van der Waals surface area contributed by atoms with Crippen molar-refractivity contribution in [3.8, 4) is 0 Å². The summed E-state index contributed by atoms with van der Waals surface area (Å²) in [5, 5.41) is 0. The predicted molar refractivity (Wildman–Crippen MR) is 49.8 cm³/mol. The fraction of sp³-hybridized carbons (Fsp3) is 1.00. The van der Waals surface area contributed by atoms with Gasteiger partial charge in [0.25, 0.3) is 0 Å². The quantitative estimate of drug-likeness (QED) is 0.501. The molecule has 1 saturated carbocycles. The molecule has 2 heterocycles. The maximum Gasteiger partial charge on any atom is 0.0624 e. The zero-order valence-corrected chi connectivity index (χ0v) is 7.91. The van der Waals surface area contributed by atoms with Crippen molar-refractivity contribution in [1.29, 1.82) is 0 Å². The lowest BCUT2D eigenvalue weighted by Gasteiger charge is -2.27. The van der Waals surface area contributed by atoms with Crippen molar-refractivity contribution in [2.75, 3.05) is 0 Å². The number of hydrazine groups is 1. The van der Waals surface area contributed by atoms with Crippen molar-refractivity contribution < 1.29 is 4.74 Å². The van der Waals surface area contributed by atoms with Gasteiger partial charge in [-0.15, -0.1) is 0 Å². The highest BCUT2D eigenvalue weighted by atomic mass is 16.5. The number of hydrogen-bond acceptors (Lipinski definition) is 3. The molecule has 3 rings (SSSR count). The van der Waals surface area contributed by atoms with E-state index in [1.54, 1.807) is 0 Å². The largest absolute Gasteiger partial charge is 0.375 e. The average Bonchev–Trinajstić information content (AvgIpc) is 2.77. The van der Waals surface area contributed by atoms with Crippen LogP contribution in [0.25, 0.3) is 0 Å². The molecule has 1 aliphatic carbocycles. The first-order valence-electron chi connectivity index (χ1n) is 5.50. The van der Waals surface area contributed by atoms with Crippen LogP contribution in [0.2, 0.25) is 0 Å². The minimum atomic E-state index is 0.520. The molecule has 2 aliphatic heterocycles. The third-order valence-corrected chi connectivity index (χ3v) is 3.94. The van der Waals surface area contributed by atoms with E-state index < -0.39 is 0 Å². The van der Waals surface area contributed by atoms with Gasteiger partial charge < -0.3 is 4.74 Å². The lowest BCUT2D eigenvalue weighted by atomic mass is 9.82. The summed E-state index contributed by atoms with van der Waals surface area (Å²) in [6.07, 6.45) is 7.60. The van der Waals surface area contributed by atoms with Crippen molar-refractivity contribution in [2.24, 2.45) is 17.7 Å². The lowest BCUT2D eigenvalue weighted by Crippen LogP contribution is -2.45. The van der Waals surface area contributed by atoms with Crippen molar-refractivity contribution >= 4 is 0 Å². The molecule has 3 N–H and O–H groups in total. The highest BCUT2D eigenvalue weighted by molar-refractivity contribution is 4.99. The molecule has 2 saturated heterocycles. The smallest absolute Gasteiger partial charge is 0.0624 e. The van der Waals surface area contributed by atoms with Crippen LogP contribution in [0.15, 0.2) is 0 Å². The van der Waals surface area contributed by atoms with Crippen LogP contribution < -0.4 is 11.3 Å². The molecule has 2 bridgehead atoms. The minimum Gasteiger partial charge on any atom is -0.375 e. The minimum absolute atomic E-state index is 0.520. The summed E-state index contributed by atoms with van der Waals surface area (Å²) in [5.41, 5.74) is 3.01. The summed E-state index contributed by atoms with van der Waals surface area (Å²) < 4.78 is 5.85. The molecule has 0 aromatic carbocycles. The van der Waals surface area contributed by atoms with Gasteiger partial charge in [0.2, 0.25) is 0 Å². The van der Waals surface area contributed by atoms with Gasteiger partial charge in [-0.05, 0) is 38.0 Å². The van der Waals surface area contributed by atoms with Gasteiger partial charge in [0.15, 0.2) is 0 Å². The van der Waals surface area contributed by atoms with Crippen molar-refractivity contribution in [1.82, 2.24) is 5.43 Å². The number of nitrogens with two attached hydrogens (primary N) is 1. The Balaban J connectivity index is 1.69. The van der Waals surface area contributed by atoms with Gasteiger partial charge in [-0.3, -0.25) is 11.3 Å². The van der Waals surface area contributed by atoms with Crippen molar-refractivity contribution in [3.05, 3.63) is 0 Å². The van der Waals surface area contributed by atoms with E-state index in [9.17, 15) is 0 Å². The third kappa shape index (κ3) is 1.30. The maximum atomic E-state index is 5.85. The average molecular weight is 182 g/mol. The van der Waals surface area contributed by atoms with Gasteiger partial charge in [0.1, 0.15) is 0 Å². The van der Waals surface area contributed by atoms with Gasteiger partial charge in [-0.25, -0.2) is 0 Å². The molecular formula is C10H18N2O. The van der Waals surface area contributed by atoms with Crippen molar-refractivity contribution in [2.45, 2.75) is 50.4 Å². The Hall–Kier alpha value is -0.120. The summed E-state index contributed by atoms with van der Waals surface area (Å²) in [6.45, 7) is 0. The zero-order chi connectivity index (χ0) is 8.84. The van der Waals surface area contributed by atoms with Gasteiger partial charge >= 0.3 is 0 Å². The number of hydrogen-bond donors (Lipinski definition) is 2. The molecule has 74 valence electrons. The van der Waals surface area contributed by atoms with Crippen LogP contribution in [-0.4, -0.2) is 18.2 Å². The first kappa shape index (κ1) is 8.21. The lowest BCUT2D eigenvalue weighted by molar-refractivity contribution is 0.0838. The molecule has 3 nitrogen and oxygen atoms in total. The Morgan fingerprint density at radius 1 is 1.23 bits per heavy atom. The van der Waals surface area contributed by atoms with Gasteiger partial charge in [-0.2, -0.15) is 0 Å². The molecule has 13 heavy (non-hydrogen) atoms. The van der Waals surface area contributed by atoms with E-state index in [4.69, 9.17) is 10.6 Å². The van der Waals surface area contributed by atoms with E-state index in [-0.39, 0.29) is 0 Å². The van der Waals surface area contributed by atoms with E-state index in [0.29, 0.717) is 24.2 Å². The Kier molecular flexibility index (Phi) is 1.86. The Bertz CT molecular complexity index is 205. The topological polar surface area (TPSA) is 47.3 Å². The predicted octanol–water partition coefficient (Wildman–Crippen LogP) is 0.796. The Labute approximate surface area is 79.0 Å². The Morgan fingerprint density at radius 2 is 2.08 bits per heavy atom. The van der Waals surface area contributed by atoms with E-state index >= 15 is 0 Å². The molecular weight excluding hydrogens is 164 g/mol. The van der Waals surface area contributed by atoms with Crippen LogP contribution in [0.1, 0.15) is 32.1 Å². The molecule has 4 atom stereocenters. The highest BCUT2D eigenvalue weighted by Gasteiger charge is 2.48. The van der Waals surface area contributed by atoms with E-state index in [1.165, 1.54) is 32.1 Å². The molecule has 0 spiro atoms. The second-order valence-corrected chi connectivity index (χ2v) is 4.80. The van der Waals surface area contributed by atoms with Crippen LogP contribution in [0.5, 0.6) is 0 Å². The molecule has 0 aromatic heterocycles. The standard InChI is InChI=1S/C10H18N2O/c11-12-10(6-1-2-6)8-5-7-3-4-9(8)13-7/h6-10,12H,1-5,11H2. The first-order chi connectivity index (χ1) is 6.38. The maximum absolute atomic E-state index is 5.85. The molecule has 3 heteroatoms. The van der Waals surface area contributed by atoms with Crippen LogP contribution in [0, 0.1) is 11.8 Å². The summed E-state index contributed by atoms with van der Waals surface area (Å²) >= 11 is 0. The number of nitrogens with one attached hydrogen (secondary N) is 1. The van der Waals surface area contributed by atoms with Crippen molar-refractivity contribution in [3.63, 3.8) is 0 Å². The highest BCUT2D eigenvalue weighted by Crippen LogP contribution is 2.46. The second-order valence-electron chi connectivity index (χ2n) is 4.80. The van der Waals surface area contributed by atoms with E-state index in [2.05, 4.69) is 5.43 Å². The SMILES string of the molecule is NNC(C1CC1)C1CC2CCC1O2. The molecule has 3 fully saturated rings. The van der Waals surface area contributed by atoms with Gasteiger partial charge in [-0.1, -0.05) is 0 Å². The van der Waals surface area contributed by atoms with Crippen LogP contribution in [0.3, 0.4) is 0 Å². The number of fused-ring (bicyclic) bond motifs is 2. The van der Waals surface area contributed by atoms with Crippen LogP contribution >= 0.6 is 0 Å². The number of rotatable bonds is 3. The summed E-state index contributed by atoms with van der Waals surface area (Å²) in [4.78, 5) is 0. The molecule has 0 radical (unpaired) electrons. The third-order valence-electron chi connectivity index (χ3n) is 3.94. The second kappa shape index (κ2) is 2.94. The summed E-state index contributed by atoms with van der Waals surface area (Å²) in [7, 11) is 0. The normalized spacial score (nSPS) is 45.5. The van der Waals surface area contributed by atoms with E-state index in [1.807, 2.05) is 0 Å². The molecule has 4 unspecified atom stereocenters. The van der Waals surface area contributed by atoms with Crippen LogP contribution in [0.4, 0.5) is 0 Å². The first-order valence-corrected chi connectivity index (χ1v) is 5.50. The fourth-order valence-electron chi connectivity index (χ4n) is 3.12. The van der Waals surface area contributed by atoms with E-state index in [0.717, 1.165) is 5.92 Å². The fourth-order valence-corrected chi connectivity index (χ4v) is 3.12. The molecule has 0 aromatic rings. The van der Waals surface area contributed by atoms with Gasteiger partial charge in [0.05, 0.1) is 12.2 Å². The molecule has 3 aliphatic rings. The summed E-state index contributed by atoms with van der Waals surface area (Å²) in [5.74, 6) is 7.17. The molecule has 0 amide bonds. The summed E-state index contributed by atoms with van der Waals surface area (Å²) in [6, 6.07) is 0.537. The number of ether oxygens (including phenoxy) is 1. The zero-order valence-electron chi connectivity index (χ0n) is 7.91.